The molecule has 0 saturated carbocycles. The van der Waals surface area contributed by atoms with Gasteiger partial charge in [-0.05, 0) is 13.0 Å². The zero-order chi connectivity index (χ0) is 15.5. The number of nitrogens with zero attached hydrogens (tertiary/aromatic N) is 2. The van der Waals surface area contributed by atoms with Gasteiger partial charge >= 0.3 is 6.18 Å². The summed E-state index contributed by atoms with van der Waals surface area (Å²) in [4.78, 5) is -0.277. The van der Waals surface area contributed by atoms with Gasteiger partial charge in [0.1, 0.15) is 11.4 Å². The smallest absolute Gasteiger partial charge is 0.313 e. The van der Waals surface area contributed by atoms with Crippen molar-refractivity contribution in [1.82, 2.24) is 19.8 Å². The normalized spacial score (nSPS) is 16.8. The topological polar surface area (TPSA) is 76.0 Å². The highest BCUT2D eigenvalue weighted by molar-refractivity contribution is 7.89. The molecule has 1 aliphatic rings. The van der Waals surface area contributed by atoms with Crippen LogP contribution in [0, 0.1) is 0 Å². The van der Waals surface area contributed by atoms with E-state index < -0.39 is 22.7 Å². The predicted molar refractivity (Wildman–Crippen MR) is 69.0 cm³/mol. The first kappa shape index (κ1) is 16.0. The SMILES string of the molecule is O=S(=O)(NCC1=CCNCC1)c1cnn(CC(F)(F)F)c1. The lowest BCUT2D eigenvalue weighted by Crippen LogP contribution is -2.29. The van der Waals surface area contributed by atoms with E-state index in [2.05, 4.69) is 15.1 Å². The van der Waals surface area contributed by atoms with Crippen molar-refractivity contribution in [3.05, 3.63) is 24.0 Å². The molecule has 0 amide bonds. The van der Waals surface area contributed by atoms with Gasteiger partial charge in [0.15, 0.2) is 0 Å². The van der Waals surface area contributed by atoms with Crippen molar-refractivity contribution in [3.63, 3.8) is 0 Å². The molecule has 1 aliphatic heterocycles. The number of halogens is 3. The van der Waals surface area contributed by atoms with Crippen LogP contribution in [0.2, 0.25) is 0 Å². The lowest BCUT2D eigenvalue weighted by atomic mass is 10.1. The zero-order valence-electron chi connectivity index (χ0n) is 11.0. The summed E-state index contributed by atoms with van der Waals surface area (Å²) in [6.07, 6.45) is -0.0488. The van der Waals surface area contributed by atoms with Crippen LogP contribution in [0.15, 0.2) is 28.9 Å². The molecule has 0 aromatic carbocycles. The third kappa shape index (κ3) is 4.83. The molecule has 0 saturated heterocycles. The van der Waals surface area contributed by atoms with Crippen molar-refractivity contribution in [3.8, 4) is 0 Å². The molecule has 1 aromatic rings. The van der Waals surface area contributed by atoms with E-state index in [1.165, 1.54) is 0 Å². The van der Waals surface area contributed by atoms with Gasteiger partial charge in [0.05, 0.1) is 6.20 Å². The molecule has 0 atom stereocenters. The number of rotatable bonds is 5. The van der Waals surface area contributed by atoms with Crippen LogP contribution in [0.3, 0.4) is 0 Å². The summed E-state index contributed by atoms with van der Waals surface area (Å²) >= 11 is 0. The van der Waals surface area contributed by atoms with Crippen LogP contribution in [0.4, 0.5) is 13.2 Å². The van der Waals surface area contributed by atoms with Crippen LogP contribution in [0.25, 0.3) is 0 Å². The van der Waals surface area contributed by atoms with Crippen molar-refractivity contribution in [2.75, 3.05) is 19.6 Å². The number of alkyl halides is 3. The van der Waals surface area contributed by atoms with Gasteiger partial charge < -0.3 is 5.32 Å². The molecular weight excluding hydrogens is 309 g/mol. The molecule has 118 valence electrons. The fraction of sp³-hybridized carbons (Fsp3) is 0.545. The number of sulfonamides is 1. The lowest BCUT2D eigenvalue weighted by Gasteiger charge is -2.14. The number of nitrogens with one attached hydrogen (secondary N) is 2. The van der Waals surface area contributed by atoms with E-state index in [1.807, 2.05) is 6.08 Å². The van der Waals surface area contributed by atoms with Crippen LogP contribution in [0.5, 0.6) is 0 Å². The molecule has 1 aromatic heterocycles. The maximum absolute atomic E-state index is 12.2. The summed E-state index contributed by atoms with van der Waals surface area (Å²) in [5.41, 5.74) is 0.944. The Bertz CT molecular complexity index is 622. The van der Waals surface area contributed by atoms with Crippen LogP contribution < -0.4 is 10.0 Å². The zero-order valence-corrected chi connectivity index (χ0v) is 11.8. The fourth-order valence-electron chi connectivity index (χ4n) is 1.85. The summed E-state index contributed by atoms with van der Waals surface area (Å²) in [7, 11) is -3.86. The Balaban J connectivity index is 2.00. The standard InChI is InChI=1S/C11H15F3N4O2S/c12-11(13,14)8-18-7-10(6-16-18)21(19,20)17-5-9-1-3-15-4-2-9/h1,6-7,15,17H,2-5,8H2. The van der Waals surface area contributed by atoms with Crippen LogP contribution in [0.1, 0.15) is 6.42 Å². The Morgan fingerprint density at radius 1 is 1.43 bits per heavy atom. The Kier molecular flexibility index (Phi) is 4.69. The maximum atomic E-state index is 12.2. The minimum atomic E-state index is -4.44. The lowest BCUT2D eigenvalue weighted by molar-refractivity contribution is -0.142. The quantitative estimate of drug-likeness (QED) is 0.780. The summed E-state index contributed by atoms with van der Waals surface area (Å²) in [5, 5.41) is 6.51. The molecule has 6 nitrogen and oxygen atoms in total. The molecule has 0 unspecified atom stereocenters. The van der Waals surface area contributed by atoms with E-state index in [4.69, 9.17) is 0 Å². The number of hydrogen-bond donors (Lipinski definition) is 2. The van der Waals surface area contributed by atoms with E-state index in [0.29, 0.717) is 11.2 Å². The van der Waals surface area contributed by atoms with E-state index in [9.17, 15) is 21.6 Å². The Morgan fingerprint density at radius 3 is 2.81 bits per heavy atom. The van der Waals surface area contributed by atoms with Crippen molar-refractivity contribution >= 4 is 10.0 Å². The van der Waals surface area contributed by atoms with E-state index in [1.54, 1.807) is 0 Å². The average molecular weight is 324 g/mol. The summed E-state index contributed by atoms with van der Waals surface area (Å²) in [5.74, 6) is 0. The second-order valence-electron chi connectivity index (χ2n) is 4.63. The van der Waals surface area contributed by atoms with Gasteiger partial charge in [-0.1, -0.05) is 11.6 Å². The molecule has 2 rings (SSSR count). The number of aromatic nitrogens is 2. The first-order chi connectivity index (χ1) is 9.76. The highest BCUT2D eigenvalue weighted by Crippen LogP contribution is 2.18. The van der Waals surface area contributed by atoms with E-state index >= 15 is 0 Å². The Labute approximate surface area is 120 Å². The third-order valence-electron chi connectivity index (χ3n) is 2.91. The molecule has 0 spiro atoms. The van der Waals surface area contributed by atoms with Crippen LogP contribution in [-0.2, 0) is 16.6 Å². The molecule has 0 fully saturated rings. The molecule has 0 bridgehead atoms. The Morgan fingerprint density at radius 2 is 2.19 bits per heavy atom. The fourth-order valence-corrected chi connectivity index (χ4v) is 2.84. The predicted octanol–water partition coefficient (Wildman–Crippen LogP) is 0.643. The van der Waals surface area contributed by atoms with Gasteiger partial charge in [0, 0.05) is 19.3 Å². The van der Waals surface area contributed by atoms with Gasteiger partial charge in [-0.15, -0.1) is 0 Å². The second kappa shape index (κ2) is 6.16. The maximum Gasteiger partial charge on any atom is 0.408 e. The highest BCUT2D eigenvalue weighted by Gasteiger charge is 2.29. The molecule has 0 radical (unpaired) electrons. The van der Waals surface area contributed by atoms with Gasteiger partial charge in [-0.25, -0.2) is 13.1 Å². The van der Waals surface area contributed by atoms with Crippen LogP contribution >= 0.6 is 0 Å². The minimum absolute atomic E-state index is 0.147. The molecule has 21 heavy (non-hydrogen) atoms. The van der Waals surface area contributed by atoms with Crippen molar-refractivity contribution in [1.29, 1.82) is 0 Å². The van der Waals surface area contributed by atoms with Gasteiger partial charge in [-0.3, -0.25) is 4.68 Å². The monoisotopic (exact) mass is 324 g/mol. The molecular formula is C11H15F3N4O2S. The second-order valence-corrected chi connectivity index (χ2v) is 6.40. The molecule has 2 heterocycles. The Hall–Kier alpha value is -1.39. The van der Waals surface area contributed by atoms with Crippen LogP contribution in [-0.4, -0.2) is 44.0 Å². The first-order valence-corrected chi connectivity index (χ1v) is 7.72. The van der Waals surface area contributed by atoms with Crippen molar-refractivity contribution in [2.24, 2.45) is 0 Å². The van der Waals surface area contributed by atoms with Gasteiger partial charge in [0.2, 0.25) is 10.0 Å². The van der Waals surface area contributed by atoms with Crippen molar-refractivity contribution in [2.45, 2.75) is 24.0 Å². The largest absolute Gasteiger partial charge is 0.408 e. The molecule has 2 N–H and O–H groups in total. The summed E-state index contributed by atoms with van der Waals surface area (Å²) < 4.78 is 63.4. The average Bonchev–Trinajstić information content (AvgIpc) is 2.85. The molecule has 0 aliphatic carbocycles. The number of hydrogen-bond acceptors (Lipinski definition) is 4. The van der Waals surface area contributed by atoms with E-state index in [0.717, 1.165) is 30.9 Å². The van der Waals surface area contributed by atoms with Gasteiger partial charge in [0.25, 0.3) is 0 Å². The minimum Gasteiger partial charge on any atom is -0.313 e. The van der Waals surface area contributed by atoms with Gasteiger partial charge in [-0.2, -0.15) is 18.3 Å². The van der Waals surface area contributed by atoms with E-state index in [-0.39, 0.29) is 11.4 Å². The van der Waals surface area contributed by atoms with Crippen molar-refractivity contribution < 1.29 is 21.6 Å². The first-order valence-electron chi connectivity index (χ1n) is 6.24. The summed E-state index contributed by atoms with van der Waals surface area (Å²) in [6.45, 7) is 0.283. The third-order valence-corrected chi connectivity index (χ3v) is 4.26. The molecule has 10 heteroatoms. The highest BCUT2D eigenvalue weighted by atomic mass is 32.2. The summed E-state index contributed by atoms with van der Waals surface area (Å²) in [6, 6.07) is 0.